The predicted octanol–water partition coefficient (Wildman–Crippen LogP) is 4.44. The minimum Gasteiger partial charge on any atom is -0.396 e. The number of nitrogens with zero attached hydrogens (tertiary/aromatic N) is 3. The first-order valence-corrected chi connectivity index (χ1v) is 10.1. The highest BCUT2D eigenvalue weighted by atomic mass is 19.3. The Balaban J connectivity index is 0.00000272. The topological polar surface area (TPSA) is 70.4 Å². The van der Waals surface area contributed by atoms with Crippen molar-refractivity contribution in [1.29, 1.82) is 0 Å². The van der Waals surface area contributed by atoms with E-state index in [1.165, 1.54) is 27.8 Å². The van der Waals surface area contributed by atoms with Crippen LogP contribution in [-0.2, 0) is 25.4 Å². The van der Waals surface area contributed by atoms with Crippen molar-refractivity contribution in [3.63, 3.8) is 0 Å². The number of amides is 2. The number of urea groups is 1. The van der Waals surface area contributed by atoms with E-state index in [9.17, 15) is 23.1 Å². The Bertz CT molecular complexity index is 976. The third-order valence-corrected chi connectivity index (χ3v) is 6.06. The van der Waals surface area contributed by atoms with Gasteiger partial charge in [0, 0.05) is 49.2 Å². The van der Waals surface area contributed by atoms with E-state index >= 15 is 0 Å². The van der Waals surface area contributed by atoms with Crippen LogP contribution in [0, 0.1) is 18.7 Å². The number of alkyl halides is 2. The van der Waals surface area contributed by atoms with Crippen LogP contribution >= 0.6 is 0 Å². The fourth-order valence-corrected chi connectivity index (χ4v) is 4.31. The molecule has 0 aliphatic carbocycles. The van der Waals surface area contributed by atoms with Gasteiger partial charge >= 0.3 is 6.03 Å². The third-order valence-electron chi connectivity index (χ3n) is 6.06. The molecule has 2 aliphatic rings. The molecule has 1 aromatic carbocycles. The van der Waals surface area contributed by atoms with Gasteiger partial charge in [-0.2, -0.15) is 13.9 Å². The lowest BCUT2D eigenvalue weighted by molar-refractivity contribution is -0.0227. The first-order valence-electron chi connectivity index (χ1n) is 10.1. The van der Waals surface area contributed by atoms with Gasteiger partial charge in [-0.25, -0.2) is 9.18 Å². The van der Waals surface area contributed by atoms with Crippen LogP contribution in [0.5, 0.6) is 0 Å². The minimum absolute atomic E-state index is 0. The van der Waals surface area contributed by atoms with Crippen LogP contribution in [0.1, 0.15) is 49.7 Å². The Kier molecular flexibility index (Phi) is 6.36. The molecule has 0 fully saturated rings. The largest absolute Gasteiger partial charge is 0.396 e. The number of aryl methyl sites for hydroxylation is 1. The van der Waals surface area contributed by atoms with Crippen LogP contribution in [0.25, 0.3) is 0 Å². The summed E-state index contributed by atoms with van der Waals surface area (Å²) < 4.78 is 44.7. The van der Waals surface area contributed by atoms with Gasteiger partial charge in [0.1, 0.15) is 11.5 Å². The first-order chi connectivity index (χ1) is 14.2. The zero-order chi connectivity index (χ0) is 21.6. The smallest absolute Gasteiger partial charge is 0.322 e. The summed E-state index contributed by atoms with van der Waals surface area (Å²) in [7, 11) is 0. The Labute approximate surface area is 180 Å². The number of rotatable bonds is 2. The van der Waals surface area contributed by atoms with E-state index < -0.39 is 12.0 Å². The molecular weight excluding hydrogens is 409 g/mol. The van der Waals surface area contributed by atoms with Gasteiger partial charge < -0.3 is 15.3 Å². The second-order valence-electron chi connectivity index (χ2n) is 8.32. The number of aliphatic hydroxyl groups is 1. The van der Waals surface area contributed by atoms with E-state index in [1.807, 2.05) is 6.92 Å². The molecule has 0 unspecified atom stereocenters. The van der Waals surface area contributed by atoms with Crippen molar-refractivity contribution in [2.45, 2.75) is 65.6 Å². The van der Waals surface area contributed by atoms with E-state index in [2.05, 4.69) is 10.4 Å². The predicted molar refractivity (Wildman–Crippen MR) is 112 cm³/mol. The number of halogens is 3. The lowest BCUT2D eigenvalue weighted by atomic mass is 9.96. The van der Waals surface area contributed by atoms with Gasteiger partial charge in [-0.15, -0.1) is 0 Å². The molecule has 2 atom stereocenters. The highest BCUT2D eigenvalue weighted by Crippen LogP contribution is 2.42. The van der Waals surface area contributed by atoms with Crippen molar-refractivity contribution in [3.05, 3.63) is 46.5 Å². The zero-order valence-corrected chi connectivity index (χ0v) is 17.0. The van der Waals surface area contributed by atoms with Gasteiger partial charge in [-0.1, -0.05) is 7.43 Å². The molecule has 0 saturated heterocycles. The van der Waals surface area contributed by atoms with Crippen LogP contribution in [-0.4, -0.2) is 38.5 Å². The van der Waals surface area contributed by atoms with Gasteiger partial charge in [0.2, 0.25) is 0 Å². The van der Waals surface area contributed by atoms with Crippen LogP contribution < -0.4 is 5.32 Å². The molecule has 170 valence electrons. The zero-order valence-electron chi connectivity index (χ0n) is 17.0. The number of fused-ring (bicyclic) bond motifs is 3. The summed E-state index contributed by atoms with van der Waals surface area (Å²) in [5.74, 6) is -3.70. The summed E-state index contributed by atoms with van der Waals surface area (Å²) in [4.78, 5) is 14.4. The summed E-state index contributed by atoms with van der Waals surface area (Å²) in [6.07, 6.45) is 0.226. The molecule has 0 bridgehead atoms. The lowest BCUT2D eigenvalue weighted by Gasteiger charge is -2.33. The van der Waals surface area contributed by atoms with Crippen molar-refractivity contribution in [2.75, 3.05) is 11.9 Å². The number of carbonyl (C=O) groups is 1. The fraction of sp³-hybridized carbons (Fsp3) is 0.545. The van der Waals surface area contributed by atoms with Gasteiger partial charge in [-0.05, 0) is 44.0 Å². The van der Waals surface area contributed by atoms with Crippen LogP contribution in [0.4, 0.5) is 23.7 Å². The van der Waals surface area contributed by atoms with E-state index in [1.54, 1.807) is 6.92 Å². The Hall–Kier alpha value is -2.55. The second-order valence-corrected chi connectivity index (χ2v) is 8.32. The molecule has 3 heterocycles. The van der Waals surface area contributed by atoms with Gasteiger partial charge in [0.15, 0.2) is 0 Å². The average molecular weight is 438 g/mol. The maximum Gasteiger partial charge on any atom is 0.322 e. The number of anilines is 1. The molecule has 2 amide bonds. The van der Waals surface area contributed by atoms with E-state index in [0.717, 1.165) is 0 Å². The molecule has 0 radical (unpaired) electrons. The third kappa shape index (κ3) is 4.28. The molecular formula is C22H29F3N4O2. The molecule has 1 aromatic heterocycles. The van der Waals surface area contributed by atoms with Crippen LogP contribution in [0.15, 0.2) is 18.2 Å². The summed E-state index contributed by atoms with van der Waals surface area (Å²) >= 11 is 0. The Morgan fingerprint density at radius 1 is 1.39 bits per heavy atom. The quantitative estimate of drug-likeness (QED) is 0.728. The van der Waals surface area contributed by atoms with Gasteiger partial charge in [0.25, 0.3) is 5.92 Å². The SMILES string of the molecule is C.Cc1cc(NC(=O)N2Cc3c(nn4c3C(F)(F)CC[C@H](CO)C4)C[C@H]2C)ccc1F. The summed E-state index contributed by atoms with van der Waals surface area (Å²) in [5.41, 5.74) is 1.68. The fourth-order valence-electron chi connectivity index (χ4n) is 4.31. The monoisotopic (exact) mass is 438 g/mol. The summed E-state index contributed by atoms with van der Waals surface area (Å²) in [5, 5.41) is 16.6. The normalized spacial score (nSPS) is 22.1. The molecule has 0 spiro atoms. The molecule has 2 aromatic rings. The lowest BCUT2D eigenvalue weighted by Crippen LogP contribution is -2.45. The molecule has 6 nitrogen and oxygen atoms in total. The Morgan fingerprint density at radius 2 is 2.13 bits per heavy atom. The summed E-state index contributed by atoms with van der Waals surface area (Å²) in [6.45, 7) is 3.55. The molecule has 31 heavy (non-hydrogen) atoms. The van der Waals surface area contributed by atoms with Crippen molar-refractivity contribution in [2.24, 2.45) is 5.92 Å². The maximum absolute atomic E-state index is 14.9. The molecule has 0 saturated carbocycles. The highest BCUT2D eigenvalue weighted by molar-refractivity contribution is 5.89. The van der Waals surface area contributed by atoms with Gasteiger partial charge in [-0.3, -0.25) is 4.68 Å². The second kappa shape index (κ2) is 8.53. The van der Waals surface area contributed by atoms with E-state index in [4.69, 9.17) is 0 Å². The highest BCUT2D eigenvalue weighted by Gasteiger charge is 2.44. The molecule has 2 aliphatic heterocycles. The van der Waals surface area contributed by atoms with E-state index in [-0.39, 0.29) is 63.4 Å². The average Bonchev–Trinajstić information content (AvgIpc) is 2.98. The molecule has 2 N–H and O–H groups in total. The number of nitrogens with one attached hydrogen (secondary N) is 1. The first kappa shape index (κ1) is 23.1. The van der Waals surface area contributed by atoms with Crippen LogP contribution in [0.2, 0.25) is 0 Å². The number of hydrogen-bond acceptors (Lipinski definition) is 3. The minimum atomic E-state index is -3.07. The number of aliphatic hydroxyl groups excluding tert-OH is 1. The Morgan fingerprint density at radius 3 is 2.81 bits per heavy atom. The van der Waals surface area contributed by atoms with Crippen molar-refractivity contribution in [1.82, 2.24) is 14.7 Å². The number of benzene rings is 1. The van der Waals surface area contributed by atoms with Crippen molar-refractivity contribution < 1.29 is 23.1 Å². The molecule has 9 heteroatoms. The van der Waals surface area contributed by atoms with Crippen molar-refractivity contribution in [3.8, 4) is 0 Å². The van der Waals surface area contributed by atoms with E-state index in [0.29, 0.717) is 28.9 Å². The van der Waals surface area contributed by atoms with Crippen molar-refractivity contribution >= 4 is 11.7 Å². The molecule has 4 rings (SSSR count). The van der Waals surface area contributed by atoms with Gasteiger partial charge in [0.05, 0.1) is 12.2 Å². The summed E-state index contributed by atoms with van der Waals surface area (Å²) in [6, 6.07) is 3.61. The number of carbonyl (C=O) groups excluding carboxylic acids is 1. The standard InChI is InChI=1S/C21H25F3N4O2.CH4/c1-12-7-15(3-4-17(12)22)25-20(30)27-10-16-18(8-13(27)2)26-28-9-14(11-29)5-6-21(23,24)19(16)28;/h3-4,7,13-14,29H,5-6,8-11H2,1-2H3,(H,25,30);1H4/t13-,14+;/m1./s1. The number of hydrogen-bond donors (Lipinski definition) is 2. The number of aromatic nitrogens is 2. The maximum atomic E-state index is 14.9. The van der Waals surface area contributed by atoms with Crippen LogP contribution in [0.3, 0.4) is 0 Å².